The Morgan fingerprint density at radius 3 is 2.39 bits per heavy atom. The highest BCUT2D eigenvalue weighted by atomic mass is 16.3. The third-order valence-electron chi connectivity index (χ3n) is 5.48. The number of fused-ring (bicyclic) bond motifs is 1. The molecule has 1 heteroatoms. The average molecular weight is 302 g/mol. The van der Waals surface area contributed by atoms with E-state index >= 15 is 0 Å². The van der Waals surface area contributed by atoms with Crippen LogP contribution in [0.2, 0.25) is 0 Å². The van der Waals surface area contributed by atoms with Crippen molar-refractivity contribution in [2.75, 3.05) is 0 Å². The first kappa shape index (κ1) is 14.5. The van der Waals surface area contributed by atoms with E-state index in [0.717, 1.165) is 24.8 Å². The first-order valence-corrected chi connectivity index (χ1v) is 8.50. The number of hydrogen-bond donors (Lipinski definition) is 1. The lowest BCUT2D eigenvalue weighted by molar-refractivity contribution is 0.00505. The monoisotopic (exact) mass is 302 g/mol. The van der Waals surface area contributed by atoms with Crippen molar-refractivity contribution in [1.29, 1.82) is 0 Å². The van der Waals surface area contributed by atoms with Crippen LogP contribution in [0.4, 0.5) is 0 Å². The van der Waals surface area contributed by atoms with E-state index in [1.54, 1.807) is 0 Å². The van der Waals surface area contributed by atoms with Crippen molar-refractivity contribution in [3.63, 3.8) is 0 Å². The topological polar surface area (TPSA) is 20.2 Å². The molecule has 116 valence electrons. The lowest BCUT2D eigenvalue weighted by Gasteiger charge is -2.31. The van der Waals surface area contributed by atoms with Crippen molar-refractivity contribution in [3.05, 3.63) is 72.3 Å². The Hall–Kier alpha value is -2.12. The van der Waals surface area contributed by atoms with Crippen LogP contribution in [0.1, 0.15) is 31.7 Å². The van der Waals surface area contributed by atoms with E-state index in [2.05, 4.69) is 67.6 Å². The number of benzene rings is 3. The quantitative estimate of drug-likeness (QED) is 0.661. The standard InChI is InChI=1S/C22H22O/c1-16-8-7-15-22(16,23)21-14-5-4-12-20(21)19-13-6-10-17-9-2-3-11-18(17)19/h2-6,9-14,16,23H,7-8,15H2,1H3. The summed E-state index contributed by atoms with van der Waals surface area (Å²) in [7, 11) is 0. The lowest BCUT2D eigenvalue weighted by Crippen LogP contribution is -2.29. The normalized spacial score (nSPS) is 24.2. The molecule has 2 unspecified atom stereocenters. The number of aliphatic hydroxyl groups is 1. The molecule has 0 saturated heterocycles. The molecule has 1 fully saturated rings. The second-order valence-electron chi connectivity index (χ2n) is 6.79. The largest absolute Gasteiger partial charge is 0.385 e. The summed E-state index contributed by atoms with van der Waals surface area (Å²) in [6.45, 7) is 2.17. The third kappa shape index (κ3) is 2.27. The maximum absolute atomic E-state index is 11.3. The van der Waals surface area contributed by atoms with Gasteiger partial charge in [-0.3, -0.25) is 0 Å². The fraction of sp³-hybridized carbons (Fsp3) is 0.273. The highest BCUT2D eigenvalue weighted by Crippen LogP contribution is 2.47. The smallest absolute Gasteiger partial charge is 0.0927 e. The maximum atomic E-state index is 11.3. The van der Waals surface area contributed by atoms with Crippen LogP contribution in [0.3, 0.4) is 0 Å². The summed E-state index contributed by atoms with van der Waals surface area (Å²) < 4.78 is 0. The van der Waals surface area contributed by atoms with Gasteiger partial charge in [0.25, 0.3) is 0 Å². The summed E-state index contributed by atoms with van der Waals surface area (Å²) in [6, 6.07) is 23.3. The van der Waals surface area contributed by atoms with E-state index in [-0.39, 0.29) is 0 Å². The average Bonchev–Trinajstić information content (AvgIpc) is 2.94. The van der Waals surface area contributed by atoms with E-state index in [1.165, 1.54) is 21.9 Å². The van der Waals surface area contributed by atoms with Crippen LogP contribution in [-0.2, 0) is 5.60 Å². The molecular formula is C22H22O. The molecule has 0 heterocycles. The van der Waals surface area contributed by atoms with Gasteiger partial charge in [0.2, 0.25) is 0 Å². The highest BCUT2D eigenvalue weighted by molar-refractivity contribution is 5.97. The molecule has 1 saturated carbocycles. The molecule has 3 aromatic rings. The minimum Gasteiger partial charge on any atom is -0.385 e. The van der Waals surface area contributed by atoms with Gasteiger partial charge in [0.15, 0.2) is 0 Å². The zero-order chi connectivity index (χ0) is 15.9. The summed E-state index contributed by atoms with van der Waals surface area (Å²) in [4.78, 5) is 0. The Balaban J connectivity index is 1.97. The molecule has 0 aliphatic heterocycles. The Morgan fingerprint density at radius 2 is 1.57 bits per heavy atom. The van der Waals surface area contributed by atoms with Gasteiger partial charge < -0.3 is 5.11 Å². The minimum atomic E-state index is -0.701. The van der Waals surface area contributed by atoms with Gasteiger partial charge in [0, 0.05) is 0 Å². The van der Waals surface area contributed by atoms with Gasteiger partial charge in [-0.05, 0) is 52.6 Å². The molecule has 0 spiro atoms. The van der Waals surface area contributed by atoms with Gasteiger partial charge >= 0.3 is 0 Å². The highest BCUT2D eigenvalue weighted by Gasteiger charge is 2.41. The van der Waals surface area contributed by atoms with Gasteiger partial charge in [0.1, 0.15) is 0 Å². The lowest BCUT2D eigenvalue weighted by atomic mass is 9.80. The molecule has 23 heavy (non-hydrogen) atoms. The van der Waals surface area contributed by atoms with Crippen LogP contribution in [0.15, 0.2) is 66.7 Å². The zero-order valence-corrected chi connectivity index (χ0v) is 13.5. The fourth-order valence-electron chi connectivity index (χ4n) is 4.12. The summed E-state index contributed by atoms with van der Waals surface area (Å²) in [5, 5.41) is 13.8. The fourth-order valence-corrected chi connectivity index (χ4v) is 4.12. The van der Waals surface area contributed by atoms with Crippen LogP contribution in [0.5, 0.6) is 0 Å². The minimum absolute atomic E-state index is 0.304. The molecule has 0 amide bonds. The Labute approximate surface area is 137 Å². The molecule has 1 nitrogen and oxygen atoms in total. The van der Waals surface area contributed by atoms with Crippen LogP contribution in [0.25, 0.3) is 21.9 Å². The second kappa shape index (κ2) is 5.50. The molecule has 3 aromatic carbocycles. The zero-order valence-electron chi connectivity index (χ0n) is 13.5. The maximum Gasteiger partial charge on any atom is 0.0927 e. The number of hydrogen-bond acceptors (Lipinski definition) is 1. The van der Waals surface area contributed by atoms with Crippen LogP contribution >= 0.6 is 0 Å². The van der Waals surface area contributed by atoms with Crippen molar-refractivity contribution in [2.45, 2.75) is 31.8 Å². The number of rotatable bonds is 2. The molecule has 1 aliphatic carbocycles. The van der Waals surface area contributed by atoms with Gasteiger partial charge in [0.05, 0.1) is 5.60 Å². The molecule has 0 aromatic heterocycles. The first-order valence-electron chi connectivity index (χ1n) is 8.50. The summed E-state index contributed by atoms with van der Waals surface area (Å²) in [6.07, 6.45) is 3.05. The summed E-state index contributed by atoms with van der Waals surface area (Å²) >= 11 is 0. The van der Waals surface area contributed by atoms with Gasteiger partial charge in [-0.2, -0.15) is 0 Å². The third-order valence-corrected chi connectivity index (χ3v) is 5.48. The molecule has 4 rings (SSSR count). The second-order valence-corrected chi connectivity index (χ2v) is 6.79. The molecule has 1 N–H and O–H groups in total. The Kier molecular flexibility index (Phi) is 3.46. The van der Waals surface area contributed by atoms with Crippen molar-refractivity contribution in [3.8, 4) is 11.1 Å². The molecule has 2 atom stereocenters. The van der Waals surface area contributed by atoms with E-state index in [1.807, 2.05) is 6.07 Å². The van der Waals surface area contributed by atoms with Crippen LogP contribution in [0, 0.1) is 5.92 Å². The van der Waals surface area contributed by atoms with Gasteiger partial charge in [-0.1, -0.05) is 73.7 Å². The summed E-state index contributed by atoms with van der Waals surface area (Å²) in [5.41, 5.74) is 2.77. The first-order chi connectivity index (χ1) is 11.2. The Bertz CT molecular complexity index is 846. The summed E-state index contributed by atoms with van der Waals surface area (Å²) in [5.74, 6) is 0.304. The van der Waals surface area contributed by atoms with Crippen LogP contribution < -0.4 is 0 Å². The molecule has 0 bridgehead atoms. The van der Waals surface area contributed by atoms with Crippen molar-refractivity contribution in [2.24, 2.45) is 5.92 Å². The van der Waals surface area contributed by atoms with E-state index in [4.69, 9.17) is 0 Å². The van der Waals surface area contributed by atoms with E-state index in [0.29, 0.717) is 5.92 Å². The van der Waals surface area contributed by atoms with Crippen molar-refractivity contribution < 1.29 is 5.11 Å². The Morgan fingerprint density at radius 1 is 0.870 bits per heavy atom. The SMILES string of the molecule is CC1CCCC1(O)c1ccccc1-c1cccc2ccccc12. The van der Waals surface area contributed by atoms with E-state index in [9.17, 15) is 5.11 Å². The molecule has 1 aliphatic rings. The molecule has 0 radical (unpaired) electrons. The van der Waals surface area contributed by atoms with Crippen molar-refractivity contribution in [1.82, 2.24) is 0 Å². The predicted octanol–water partition coefficient (Wildman–Crippen LogP) is 5.51. The van der Waals surface area contributed by atoms with Gasteiger partial charge in [-0.15, -0.1) is 0 Å². The van der Waals surface area contributed by atoms with Gasteiger partial charge in [-0.25, -0.2) is 0 Å². The molecular weight excluding hydrogens is 280 g/mol. The van der Waals surface area contributed by atoms with E-state index < -0.39 is 5.60 Å². The predicted molar refractivity (Wildman–Crippen MR) is 96.3 cm³/mol. The van der Waals surface area contributed by atoms with Crippen molar-refractivity contribution >= 4 is 10.8 Å². The van der Waals surface area contributed by atoms with Crippen LogP contribution in [-0.4, -0.2) is 5.11 Å².